The lowest BCUT2D eigenvalue weighted by Crippen LogP contribution is -2.23. The molecule has 0 saturated carbocycles. The molecular weight excluding hydrogens is 287 g/mol. The van der Waals surface area contributed by atoms with Crippen LogP contribution >= 0.6 is 15.9 Å². The molecule has 0 N–H and O–H groups in total. The highest BCUT2D eigenvalue weighted by Gasteiger charge is 2.24. The second kappa shape index (κ2) is 5.08. The highest BCUT2D eigenvalue weighted by atomic mass is 79.9. The van der Waals surface area contributed by atoms with Gasteiger partial charge in [-0.05, 0) is 34.1 Å². The average molecular weight is 301 g/mol. The van der Waals surface area contributed by atoms with E-state index in [0.29, 0.717) is 5.56 Å². The standard InChI is InChI=1S/C13H14BrFO2/c1-13(2,3)12(17)7-11(16)8-4-5-10(15)9(14)6-8/h4-6H,7H2,1-3H3. The minimum Gasteiger partial charge on any atom is -0.299 e. The number of hydrogen-bond acceptors (Lipinski definition) is 2. The molecule has 0 fully saturated rings. The maximum absolute atomic E-state index is 13.0. The Morgan fingerprint density at radius 2 is 1.88 bits per heavy atom. The fourth-order valence-corrected chi connectivity index (χ4v) is 1.56. The lowest BCUT2D eigenvalue weighted by atomic mass is 9.87. The molecule has 2 nitrogen and oxygen atoms in total. The second-order valence-corrected chi connectivity index (χ2v) is 5.76. The molecular formula is C13H14BrFO2. The van der Waals surface area contributed by atoms with E-state index in [0.717, 1.165) is 0 Å². The van der Waals surface area contributed by atoms with Crippen molar-refractivity contribution >= 4 is 27.5 Å². The molecule has 4 heteroatoms. The average Bonchev–Trinajstić information content (AvgIpc) is 2.20. The molecule has 17 heavy (non-hydrogen) atoms. The molecule has 0 unspecified atom stereocenters. The summed E-state index contributed by atoms with van der Waals surface area (Å²) in [5, 5.41) is 0. The molecule has 1 rings (SSSR count). The van der Waals surface area contributed by atoms with Gasteiger partial charge in [-0.3, -0.25) is 9.59 Å². The van der Waals surface area contributed by atoms with Crippen molar-refractivity contribution in [2.75, 3.05) is 0 Å². The predicted octanol–water partition coefficient (Wildman–Crippen LogP) is 3.78. The molecule has 0 atom stereocenters. The van der Waals surface area contributed by atoms with E-state index in [1.807, 2.05) is 0 Å². The number of ketones is 2. The number of rotatable bonds is 3. The number of benzene rings is 1. The van der Waals surface area contributed by atoms with Crippen LogP contribution in [0.15, 0.2) is 22.7 Å². The summed E-state index contributed by atoms with van der Waals surface area (Å²) in [6.07, 6.45) is -0.151. The van der Waals surface area contributed by atoms with Gasteiger partial charge < -0.3 is 0 Å². The van der Waals surface area contributed by atoms with Crippen molar-refractivity contribution in [2.45, 2.75) is 27.2 Å². The zero-order chi connectivity index (χ0) is 13.2. The van der Waals surface area contributed by atoms with Gasteiger partial charge in [-0.25, -0.2) is 4.39 Å². The van der Waals surface area contributed by atoms with Gasteiger partial charge in [-0.1, -0.05) is 20.8 Å². The van der Waals surface area contributed by atoms with Crippen molar-refractivity contribution in [3.8, 4) is 0 Å². The molecule has 0 aliphatic heterocycles. The van der Waals surface area contributed by atoms with Gasteiger partial charge >= 0.3 is 0 Å². The van der Waals surface area contributed by atoms with Gasteiger partial charge in [-0.15, -0.1) is 0 Å². The Morgan fingerprint density at radius 3 is 2.35 bits per heavy atom. The minimum atomic E-state index is -0.535. The van der Waals surface area contributed by atoms with Gasteiger partial charge in [0.05, 0.1) is 10.9 Å². The van der Waals surface area contributed by atoms with Crippen molar-refractivity contribution in [1.82, 2.24) is 0 Å². The fraction of sp³-hybridized carbons (Fsp3) is 0.385. The molecule has 0 bridgehead atoms. The third-order valence-corrected chi connectivity index (χ3v) is 3.01. The van der Waals surface area contributed by atoms with Crippen LogP contribution in [0.5, 0.6) is 0 Å². The van der Waals surface area contributed by atoms with E-state index in [2.05, 4.69) is 15.9 Å². The smallest absolute Gasteiger partial charge is 0.170 e. The maximum atomic E-state index is 13.0. The van der Waals surface area contributed by atoms with Crippen LogP contribution in [0.2, 0.25) is 0 Å². The molecule has 0 saturated heterocycles. The molecule has 1 aromatic rings. The van der Waals surface area contributed by atoms with Crippen molar-refractivity contribution in [3.63, 3.8) is 0 Å². The predicted molar refractivity (Wildman–Crippen MR) is 67.5 cm³/mol. The zero-order valence-corrected chi connectivity index (χ0v) is 11.6. The van der Waals surface area contributed by atoms with E-state index in [1.54, 1.807) is 20.8 Å². The van der Waals surface area contributed by atoms with Gasteiger partial charge in [0.25, 0.3) is 0 Å². The molecule has 0 radical (unpaired) electrons. The van der Waals surface area contributed by atoms with Crippen LogP contribution in [0, 0.1) is 11.2 Å². The van der Waals surface area contributed by atoms with Crippen molar-refractivity contribution in [1.29, 1.82) is 0 Å². The molecule has 92 valence electrons. The SMILES string of the molecule is CC(C)(C)C(=O)CC(=O)c1ccc(F)c(Br)c1. The first-order chi connectivity index (χ1) is 7.71. The summed E-state index contributed by atoms with van der Waals surface area (Å²) < 4.78 is 13.2. The Morgan fingerprint density at radius 1 is 1.29 bits per heavy atom. The normalized spacial score (nSPS) is 11.4. The first kappa shape index (κ1) is 14.0. The van der Waals surface area contributed by atoms with Crippen molar-refractivity contribution in [2.24, 2.45) is 5.41 Å². The Kier molecular flexibility index (Phi) is 4.20. The molecule has 0 spiro atoms. The van der Waals surface area contributed by atoms with Crippen LogP contribution in [0.4, 0.5) is 4.39 Å². The van der Waals surface area contributed by atoms with Crippen LogP contribution in [0.1, 0.15) is 37.6 Å². The lowest BCUT2D eigenvalue weighted by Gasteiger charge is -2.15. The van der Waals surface area contributed by atoms with Crippen LogP contribution in [0.3, 0.4) is 0 Å². The monoisotopic (exact) mass is 300 g/mol. The lowest BCUT2D eigenvalue weighted by molar-refractivity contribution is -0.125. The zero-order valence-electron chi connectivity index (χ0n) is 10.0. The molecule has 0 heterocycles. The molecule has 0 amide bonds. The first-order valence-corrected chi connectivity index (χ1v) is 6.02. The van der Waals surface area contributed by atoms with Gasteiger partial charge in [-0.2, -0.15) is 0 Å². The van der Waals surface area contributed by atoms with Crippen LogP contribution in [0.25, 0.3) is 0 Å². The number of hydrogen-bond donors (Lipinski definition) is 0. The topological polar surface area (TPSA) is 34.1 Å². The highest BCUT2D eigenvalue weighted by molar-refractivity contribution is 9.10. The number of Topliss-reactive ketones (excluding diaryl/α,β-unsaturated/α-hetero) is 2. The summed E-state index contributed by atoms with van der Waals surface area (Å²) >= 11 is 3.01. The quantitative estimate of drug-likeness (QED) is 0.629. The molecule has 0 aliphatic carbocycles. The number of carbonyl (C=O) groups is 2. The van der Waals surface area contributed by atoms with Gasteiger partial charge in [0, 0.05) is 11.0 Å². The van der Waals surface area contributed by atoms with E-state index >= 15 is 0 Å². The summed E-state index contributed by atoms with van der Waals surface area (Å²) in [6.45, 7) is 5.30. The van der Waals surface area contributed by atoms with E-state index in [9.17, 15) is 14.0 Å². The minimum absolute atomic E-state index is 0.122. The van der Waals surface area contributed by atoms with E-state index < -0.39 is 11.2 Å². The fourth-order valence-electron chi connectivity index (χ4n) is 1.18. The van der Waals surface area contributed by atoms with Crippen molar-refractivity contribution in [3.05, 3.63) is 34.1 Å². The molecule has 1 aromatic carbocycles. The van der Waals surface area contributed by atoms with E-state index in [-0.39, 0.29) is 22.5 Å². The Bertz CT molecular complexity index is 461. The molecule has 0 aliphatic rings. The summed E-state index contributed by atoms with van der Waals surface area (Å²) in [7, 11) is 0. The Balaban J connectivity index is 2.84. The van der Waals surface area contributed by atoms with Gasteiger partial charge in [0.2, 0.25) is 0 Å². The summed E-state index contributed by atoms with van der Waals surface area (Å²) in [4.78, 5) is 23.5. The number of carbonyl (C=O) groups excluding carboxylic acids is 2. The first-order valence-electron chi connectivity index (χ1n) is 5.23. The highest BCUT2D eigenvalue weighted by Crippen LogP contribution is 2.21. The largest absolute Gasteiger partial charge is 0.299 e. The van der Waals surface area contributed by atoms with E-state index in [1.165, 1.54) is 18.2 Å². The summed E-state index contributed by atoms with van der Waals surface area (Å²) in [6, 6.07) is 3.99. The Hall–Kier alpha value is -1.03. The van der Waals surface area contributed by atoms with Crippen LogP contribution in [-0.2, 0) is 4.79 Å². The van der Waals surface area contributed by atoms with Gasteiger partial charge in [0.15, 0.2) is 5.78 Å². The summed E-state index contributed by atoms with van der Waals surface area (Å²) in [5.41, 5.74) is -0.191. The van der Waals surface area contributed by atoms with Crippen LogP contribution < -0.4 is 0 Å². The Labute approximate surface area is 108 Å². The third kappa shape index (κ3) is 3.73. The second-order valence-electron chi connectivity index (χ2n) is 4.90. The number of halogens is 2. The van der Waals surface area contributed by atoms with E-state index in [4.69, 9.17) is 0 Å². The van der Waals surface area contributed by atoms with Crippen molar-refractivity contribution < 1.29 is 14.0 Å². The summed E-state index contributed by atoms with van der Waals surface area (Å²) in [5.74, 6) is -0.836. The van der Waals surface area contributed by atoms with Crippen LogP contribution in [-0.4, -0.2) is 11.6 Å². The van der Waals surface area contributed by atoms with Gasteiger partial charge in [0.1, 0.15) is 11.6 Å². The molecule has 0 aromatic heterocycles. The third-order valence-electron chi connectivity index (χ3n) is 2.40. The maximum Gasteiger partial charge on any atom is 0.170 e.